The van der Waals surface area contributed by atoms with Crippen LogP contribution >= 0.6 is 11.8 Å². The van der Waals surface area contributed by atoms with E-state index in [4.69, 9.17) is 4.74 Å². The van der Waals surface area contributed by atoms with Crippen LogP contribution in [0, 0.1) is 5.92 Å². The molecule has 4 heteroatoms. The zero-order valence-electron chi connectivity index (χ0n) is 9.79. The maximum Gasteiger partial charge on any atom is 0.324 e. The van der Waals surface area contributed by atoms with Crippen molar-refractivity contribution in [3.63, 3.8) is 0 Å². The van der Waals surface area contributed by atoms with Crippen molar-refractivity contribution in [1.29, 1.82) is 0 Å². The van der Waals surface area contributed by atoms with E-state index in [2.05, 4.69) is 26.1 Å². The largest absolute Gasteiger partial charge is 0.465 e. The van der Waals surface area contributed by atoms with Crippen molar-refractivity contribution in [1.82, 2.24) is 5.32 Å². The molecule has 0 aliphatic carbocycles. The molecule has 0 aromatic heterocycles. The number of thioether (sulfide) groups is 1. The second-order valence-corrected chi connectivity index (χ2v) is 5.41. The molecule has 0 aromatic rings. The number of carbonyl (C=O) groups is 1. The lowest BCUT2D eigenvalue weighted by Gasteiger charge is -2.15. The van der Waals surface area contributed by atoms with Crippen LogP contribution in [0.25, 0.3) is 0 Å². The summed E-state index contributed by atoms with van der Waals surface area (Å²) >= 11 is 1.81. The molecule has 0 radical (unpaired) electrons. The molecule has 2 atom stereocenters. The fraction of sp³-hybridized carbons (Fsp3) is 0.909. The molecule has 88 valence electrons. The lowest BCUT2D eigenvalue weighted by molar-refractivity contribution is -0.145. The summed E-state index contributed by atoms with van der Waals surface area (Å²) in [6, 6.07) is -0.0979. The second-order valence-electron chi connectivity index (χ2n) is 4.24. The molecule has 1 fully saturated rings. The summed E-state index contributed by atoms with van der Waals surface area (Å²) in [5, 5.41) is 3.70. The summed E-state index contributed by atoms with van der Waals surface area (Å²) in [5.74, 6) is 1.32. The van der Waals surface area contributed by atoms with Gasteiger partial charge in [-0.25, -0.2) is 0 Å². The molecular weight excluding hydrogens is 210 g/mol. The monoisotopic (exact) mass is 231 g/mol. The third kappa shape index (κ3) is 4.03. The van der Waals surface area contributed by atoms with Crippen LogP contribution in [0.1, 0.15) is 33.6 Å². The van der Waals surface area contributed by atoms with E-state index in [0.29, 0.717) is 17.9 Å². The molecule has 3 nitrogen and oxygen atoms in total. The summed E-state index contributed by atoms with van der Waals surface area (Å²) in [7, 11) is 0. The number of nitrogens with one attached hydrogen (secondary N) is 1. The Morgan fingerprint density at radius 1 is 1.60 bits per heavy atom. The summed E-state index contributed by atoms with van der Waals surface area (Å²) in [5.41, 5.74) is 0. The number of hydrogen-bond donors (Lipinski definition) is 1. The molecule has 2 unspecified atom stereocenters. The summed E-state index contributed by atoms with van der Waals surface area (Å²) in [6.45, 7) is 6.97. The Bertz CT molecular complexity index is 209. The Morgan fingerprint density at radius 2 is 2.33 bits per heavy atom. The minimum absolute atomic E-state index is 0.0842. The van der Waals surface area contributed by atoms with Crippen molar-refractivity contribution in [2.75, 3.05) is 12.4 Å². The van der Waals surface area contributed by atoms with Crippen LogP contribution < -0.4 is 5.32 Å². The lowest BCUT2D eigenvalue weighted by Crippen LogP contribution is -2.39. The van der Waals surface area contributed by atoms with E-state index in [1.165, 1.54) is 0 Å². The molecule has 0 spiro atoms. The van der Waals surface area contributed by atoms with Crippen LogP contribution in [0.3, 0.4) is 0 Å². The molecule has 1 heterocycles. The number of unbranched alkanes of at least 4 members (excludes halogenated alkanes) is 1. The van der Waals surface area contributed by atoms with Gasteiger partial charge in [0.2, 0.25) is 0 Å². The Hall–Kier alpha value is -0.220. The van der Waals surface area contributed by atoms with Crippen molar-refractivity contribution in [2.24, 2.45) is 5.92 Å². The maximum atomic E-state index is 11.6. The van der Waals surface area contributed by atoms with Crippen LogP contribution in [0.15, 0.2) is 0 Å². The predicted molar refractivity (Wildman–Crippen MR) is 63.9 cm³/mol. The highest BCUT2D eigenvalue weighted by molar-refractivity contribution is 8.00. The van der Waals surface area contributed by atoms with Crippen molar-refractivity contribution in [2.45, 2.75) is 45.0 Å². The topological polar surface area (TPSA) is 38.3 Å². The van der Waals surface area contributed by atoms with E-state index < -0.39 is 0 Å². The predicted octanol–water partition coefficient (Wildman–Crippen LogP) is 2.02. The average molecular weight is 231 g/mol. The normalized spacial score (nSPS) is 25.9. The van der Waals surface area contributed by atoms with Gasteiger partial charge >= 0.3 is 5.97 Å². The van der Waals surface area contributed by atoms with Gasteiger partial charge in [-0.3, -0.25) is 10.1 Å². The molecule has 0 amide bonds. The molecule has 1 aliphatic rings. The molecule has 0 aromatic carbocycles. The fourth-order valence-electron chi connectivity index (χ4n) is 1.43. The highest BCUT2D eigenvalue weighted by Gasteiger charge is 2.31. The Kier molecular flexibility index (Phi) is 5.47. The van der Waals surface area contributed by atoms with Crippen molar-refractivity contribution < 1.29 is 9.53 Å². The standard InChI is InChI=1S/C11H21NO2S/c1-4-5-6-14-11(13)9-7-15-10(12-9)8(2)3/h8-10,12H,4-7H2,1-3H3. The third-order valence-corrected chi connectivity index (χ3v) is 4.01. The first-order valence-electron chi connectivity index (χ1n) is 5.69. The van der Waals surface area contributed by atoms with E-state index in [-0.39, 0.29) is 12.0 Å². The van der Waals surface area contributed by atoms with Crippen LogP contribution in [0.5, 0.6) is 0 Å². The summed E-state index contributed by atoms with van der Waals surface area (Å²) in [4.78, 5) is 11.6. The Balaban J connectivity index is 2.24. The van der Waals surface area contributed by atoms with Crippen molar-refractivity contribution >= 4 is 17.7 Å². The first-order valence-corrected chi connectivity index (χ1v) is 6.74. The molecule has 1 N–H and O–H groups in total. The van der Waals surface area contributed by atoms with Gasteiger partial charge in [-0.2, -0.15) is 0 Å². The van der Waals surface area contributed by atoms with Crippen molar-refractivity contribution in [3.05, 3.63) is 0 Å². The fourth-order valence-corrected chi connectivity index (χ4v) is 2.71. The minimum Gasteiger partial charge on any atom is -0.465 e. The molecule has 1 saturated heterocycles. The zero-order chi connectivity index (χ0) is 11.3. The minimum atomic E-state index is -0.0979. The first-order chi connectivity index (χ1) is 7.15. The van der Waals surface area contributed by atoms with E-state index in [9.17, 15) is 4.79 Å². The van der Waals surface area contributed by atoms with Gasteiger partial charge in [-0.1, -0.05) is 27.2 Å². The summed E-state index contributed by atoms with van der Waals surface area (Å²) < 4.78 is 5.18. The number of ether oxygens (including phenoxy) is 1. The first kappa shape index (κ1) is 12.8. The van der Waals surface area contributed by atoms with E-state index in [1.54, 1.807) is 0 Å². The van der Waals surface area contributed by atoms with Gasteiger partial charge in [0, 0.05) is 5.75 Å². The highest BCUT2D eigenvalue weighted by atomic mass is 32.2. The van der Waals surface area contributed by atoms with E-state index >= 15 is 0 Å². The average Bonchev–Trinajstić information content (AvgIpc) is 2.66. The number of hydrogen-bond acceptors (Lipinski definition) is 4. The smallest absolute Gasteiger partial charge is 0.324 e. The zero-order valence-corrected chi connectivity index (χ0v) is 10.6. The van der Waals surface area contributed by atoms with Gasteiger partial charge in [-0.05, 0) is 12.3 Å². The van der Waals surface area contributed by atoms with Crippen LogP contribution in [-0.2, 0) is 9.53 Å². The van der Waals surface area contributed by atoms with Gasteiger partial charge in [0.25, 0.3) is 0 Å². The maximum absolute atomic E-state index is 11.6. The Morgan fingerprint density at radius 3 is 2.87 bits per heavy atom. The Labute approximate surface area is 96.3 Å². The van der Waals surface area contributed by atoms with Crippen LogP contribution in [-0.4, -0.2) is 29.7 Å². The highest BCUT2D eigenvalue weighted by Crippen LogP contribution is 2.25. The molecule has 15 heavy (non-hydrogen) atoms. The van der Waals surface area contributed by atoms with Crippen LogP contribution in [0.4, 0.5) is 0 Å². The lowest BCUT2D eigenvalue weighted by atomic mass is 10.2. The third-order valence-electron chi connectivity index (χ3n) is 2.44. The van der Waals surface area contributed by atoms with Gasteiger partial charge in [0.15, 0.2) is 0 Å². The molecule has 0 saturated carbocycles. The van der Waals surface area contributed by atoms with E-state index in [1.807, 2.05) is 11.8 Å². The van der Waals surface area contributed by atoms with Gasteiger partial charge in [0.1, 0.15) is 6.04 Å². The number of esters is 1. The van der Waals surface area contributed by atoms with Crippen LogP contribution in [0.2, 0.25) is 0 Å². The quantitative estimate of drug-likeness (QED) is 0.580. The summed E-state index contributed by atoms with van der Waals surface area (Å²) in [6.07, 6.45) is 2.02. The van der Waals surface area contributed by atoms with Gasteiger partial charge in [0.05, 0.1) is 12.0 Å². The second kappa shape index (κ2) is 6.38. The van der Waals surface area contributed by atoms with Gasteiger partial charge in [-0.15, -0.1) is 11.8 Å². The molecule has 1 aliphatic heterocycles. The SMILES string of the molecule is CCCCOC(=O)C1CSC(C(C)C)N1. The van der Waals surface area contributed by atoms with E-state index in [0.717, 1.165) is 18.6 Å². The molecular formula is C11H21NO2S. The molecule has 1 rings (SSSR count). The number of rotatable bonds is 5. The number of carbonyl (C=O) groups excluding carboxylic acids is 1. The van der Waals surface area contributed by atoms with Gasteiger partial charge < -0.3 is 4.74 Å². The van der Waals surface area contributed by atoms with Crippen molar-refractivity contribution in [3.8, 4) is 0 Å². The molecule has 0 bridgehead atoms.